The average molecular weight is 324 g/mol. The van der Waals surface area contributed by atoms with Crippen LogP contribution < -0.4 is 0 Å². The number of furan rings is 1. The van der Waals surface area contributed by atoms with Crippen molar-refractivity contribution in [3.05, 3.63) is 36.1 Å². The minimum atomic E-state index is 0.0425. The Labute approximate surface area is 121 Å². The van der Waals surface area contributed by atoms with Gasteiger partial charge in [-0.3, -0.25) is 4.79 Å². The number of amides is 1. The molecule has 0 aliphatic carbocycles. The maximum absolute atomic E-state index is 12.6. The number of hydrogen-bond acceptors (Lipinski definition) is 2. The summed E-state index contributed by atoms with van der Waals surface area (Å²) in [4.78, 5) is 14.5. The van der Waals surface area contributed by atoms with Gasteiger partial charge in [0, 0.05) is 23.3 Å². The summed E-state index contributed by atoms with van der Waals surface area (Å²) in [5, 5.41) is 1.78. The second-order valence-electron chi connectivity index (χ2n) is 4.78. The number of alkyl halides is 1. The summed E-state index contributed by atoms with van der Waals surface area (Å²) in [5.41, 5.74) is 1.41. The maximum Gasteiger partial charge on any atom is 0.257 e. The van der Waals surface area contributed by atoms with Crippen molar-refractivity contribution in [2.75, 3.05) is 11.9 Å². The van der Waals surface area contributed by atoms with Crippen LogP contribution in [0, 0.1) is 0 Å². The van der Waals surface area contributed by atoms with Gasteiger partial charge in [0.2, 0.25) is 0 Å². The normalized spacial score (nSPS) is 11.2. The average Bonchev–Trinajstić information content (AvgIpc) is 2.82. The quantitative estimate of drug-likeness (QED) is 0.777. The van der Waals surface area contributed by atoms with Crippen molar-refractivity contribution in [2.45, 2.75) is 26.3 Å². The van der Waals surface area contributed by atoms with Crippen LogP contribution in [-0.4, -0.2) is 28.7 Å². The smallest absolute Gasteiger partial charge is 0.257 e. The molecule has 2 rings (SSSR count). The number of nitrogens with zero attached hydrogens (tertiary/aromatic N) is 1. The Morgan fingerprint density at radius 2 is 2.11 bits per heavy atom. The predicted octanol–water partition coefficient (Wildman–Crippen LogP) is 4.07. The first-order valence-electron chi connectivity index (χ1n) is 6.48. The first-order valence-corrected chi connectivity index (χ1v) is 7.60. The van der Waals surface area contributed by atoms with Crippen LogP contribution >= 0.6 is 15.9 Å². The summed E-state index contributed by atoms with van der Waals surface area (Å²) in [6.07, 6.45) is 2.51. The van der Waals surface area contributed by atoms with E-state index in [0.29, 0.717) is 5.56 Å². The summed E-state index contributed by atoms with van der Waals surface area (Å²) in [6.45, 7) is 4.82. The van der Waals surface area contributed by atoms with Crippen LogP contribution in [0.3, 0.4) is 0 Å². The molecule has 0 bridgehead atoms. The third-order valence-corrected chi connectivity index (χ3v) is 3.69. The fraction of sp³-hybridized carbons (Fsp3) is 0.400. The lowest BCUT2D eigenvalue weighted by Gasteiger charge is -2.26. The van der Waals surface area contributed by atoms with Gasteiger partial charge in [-0.15, -0.1) is 0 Å². The van der Waals surface area contributed by atoms with Crippen molar-refractivity contribution in [3.8, 4) is 0 Å². The first-order chi connectivity index (χ1) is 9.15. The third-order valence-electron chi connectivity index (χ3n) is 3.13. The van der Waals surface area contributed by atoms with E-state index in [1.54, 1.807) is 6.26 Å². The molecule has 0 N–H and O–H groups in total. The third kappa shape index (κ3) is 3.00. The Morgan fingerprint density at radius 1 is 1.37 bits per heavy atom. The lowest BCUT2D eigenvalue weighted by molar-refractivity contribution is 0.0708. The molecule has 1 aromatic heterocycles. The van der Waals surface area contributed by atoms with Crippen LogP contribution in [-0.2, 0) is 0 Å². The highest BCUT2D eigenvalue weighted by atomic mass is 79.9. The molecule has 0 radical (unpaired) electrons. The Balaban J connectivity index is 2.30. The second kappa shape index (κ2) is 6.24. The van der Waals surface area contributed by atoms with E-state index in [0.717, 1.165) is 29.3 Å². The fourth-order valence-corrected chi connectivity index (χ4v) is 2.37. The van der Waals surface area contributed by atoms with Crippen molar-refractivity contribution < 1.29 is 9.21 Å². The zero-order chi connectivity index (χ0) is 13.8. The second-order valence-corrected chi connectivity index (χ2v) is 5.57. The van der Waals surface area contributed by atoms with E-state index in [1.165, 1.54) is 0 Å². The Morgan fingerprint density at radius 3 is 2.79 bits per heavy atom. The molecule has 0 aliphatic rings. The zero-order valence-electron chi connectivity index (χ0n) is 11.2. The van der Waals surface area contributed by atoms with E-state index in [1.807, 2.05) is 43.0 Å². The number of hydrogen-bond donors (Lipinski definition) is 0. The summed E-state index contributed by atoms with van der Waals surface area (Å²) < 4.78 is 5.45. The number of para-hydroxylation sites is 1. The molecule has 102 valence electrons. The molecule has 2 aromatic rings. The summed E-state index contributed by atoms with van der Waals surface area (Å²) in [5.74, 6) is 0.0425. The molecule has 0 spiro atoms. The Kier molecular flexibility index (Phi) is 4.64. The molecule has 0 saturated carbocycles. The molecule has 0 unspecified atom stereocenters. The molecule has 1 aromatic carbocycles. The van der Waals surface area contributed by atoms with Crippen LogP contribution in [0.2, 0.25) is 0 Å². The number of carbonyl (C=O) groups excluding carboxylic acids is 1. The van der Waals surface area contributed by atoms with Gasteiger partial charge >= 0.3 is 0 Å². The van der Waals surface area contributed by atoms with E-state index >= 15 is 0 Å². The number of benzene rings is 1. The fourth-order valence-electron chi connectivity index (χ4n) is 2.12. The molecular weight excluding hydrogens is 306 g/mol. The van der Waals surface area contributed by atoms with Crippen molar-refractivity contribution in [1.82, 2.24) is 4.90 Å². The van der Waals surface area contributed by atoms with Crippen LogP contribution in [0.5, 0.6) is 0 Å². The van der Waals surface area contributed by atoms with Crippen molar-refractivity contribution in [3.63, 3.8) is 0 Å². The van der Waals surface area contributed by atoms with Crippen LogP contribution in [0.1, 0.15) is 30.6 Å². The van der Waals surface area contributed by atoms with Crippen molar-refractivity contribution >= 4 is 32.8 Å². The number of carbonyl (C=O) groups is 1. The number of fused-ring (bicyclic) bond motifs is 1. The predicted molar refractivity (Wildman–Crippen MR) is 80.8 cm³/mol. The minimum Gasteiger partial charge on any atom is -0.463 e. The van der Waals surface area contributed by atoms with E-state index in [9.17, 15) is 4.79 Å². The SMILES string of the molecule is CC(C)N(CCCBr)C(=O)c1coc2ccccc12. The summed E-state index contributed by atoms with van der Waals surface area (Å²) in [6, 6.07) is 7.82. The van der Waals surface area contributed by atoms with Gasteiger partial charge in [-0.2, -0.15) is 0 Å². The molecule has 3 nitrogen and oxygen atoms in total. The largest absolute Gasteiger partial charge is 0.463 e. The van der Waals surface area contributed by atoms with Crippen LogP contribution in [0.15, 0.2) is 34.9 Å². The van der Waals surface area contributed by atoms with Crippen molar-refractivity contribution in [2.24, 2.45) is 0 Å². The maximum atomic E-state index is 12.6. The standard InChI is InChI=1S/C15H18BrNO2/c1-11(2)17(9-5-8-16)15(18)13-10-19-14-7-4-3-6-12(13)14/h3-4,6-7,10-11H,5,8-9H2,1-2H3. The molecule has 0 atom stereocenters. The van der Waals surface area contributed by atoms with Gasteiger partial charge < -0.3 is 9.32 Å². The zero-order valence-corrected chi connectivity index (χ0v) is 12.8. The van der Waals surface area contributed by atoms with E-state index in [2.05, 4.69) is 15.9 Å². The van der Waals surface area contributed by atoms with Crippen LogP contribution in [0.4, 0.5) is 0 Å². The first kappa shape index (κ1) is 14.1. The molecule has 4 heteroatoms. The van der Waals surface area contributed by atoms with Gasteiger partial charge in [0.25, 0.3) is 5.91 Å². The number of rotatable bonds is 5. The molecule has 1 amide bonds. The Bertz CT molecular complexity index is 562. The van der Waals surface area contributed by atoms with E-state index in [-0.39, 0.29) is 11.9 Å². The van der Waals surface area contributed by atoms with E-state index in [4.69, 9.17) is 4.42 Å². The molecule has 0 fully saturated rings. The highest BCUT2D eigenvalue weighted by molar-refractivity contribution is 9.09. The van der Waals surface area contributed by atoms with Crippen molar-refractivity contribution in [1.29, 1.82) is 0 Å². The molecule has 0 saturated heterocycles. The monoisotopic (exact) mass is 323 g/mol. The lowest BCUT2D eigenvalue weighted by atomic mass is 10.1. The van der Waals surface area contributed by atoms with Gasteiger partial charge in [-0.25, -0.2) is 0 Å². The summed E-state index contributed by atoms with van der Waals surface area (Å²) >= 11 is 3.41. The molecular formula is C15H18BrNO2. The van der Waals surface area contributed by atoms with Gasteiger partial charge in [0.15, 0.2) is 0 Å². The molecule has 1 heterocycles. The van der Waals surface area contributed by atoms with Gasteiger partial charge in [-0.1, -0.05) is 34.1 Å². The van der Waals surface area contributed by atoms with Crippen LogP contribution in [0.25, 0.3) is 11.0 Å². The highest BCUT2D eigenvalue weighted by Crippen LogP contribution is 2.23. The molecule has 0 aliphatic heterocycles. The minimum absolute atomic E-state index is 0.0425. The van der Waals surface area contributed by atoms with Gasteiger partial charge in [0.1, 0.15) is 11.8 Å². The lowest BCUT2D eigenvalue weighted by Crippen LogP contribution is -2.37. The molecule has 19 heavy (non-hydrogen) atoms. The van der Waals surface area contributed by atoms with Gasteiger partial charge in [-0.05, 0) is 26.3 Å². The Hall–Kier alpha value is -1.29. The van der Waals surface area contributed by atoms with Gasteiger partial charge in [0.05, 0.1) is 5.56 Å². The number of halogens is 1. The summed E-state index contributed by atoms with van der Waals surface area (Å²) in [7, 11) is 0. The van der Waals surface area contributed by atoms with E-state index < -0.39 is 0 Å². The topological polar surface area (TPSA) is 33.5 Å². The highest BCUT2D eigenvalue weighted by Gasteiger charge is 2.21.